The lowest BCUT2D eigenvalue weighted by Gasteiger charge is -2.35. The highest BCUT2D eigenvalue weighted by molar-refractivity contribution is 6.30. The number of hydrogen-bond acceptors (Lipinski definition) is 8. The van der Waals surface area contributed by atoms with Crippen LogP contribution in [-0.4, -0.2) is 52.5 Å². The highest BCUT2D eigenvalue weighted by Gasteiger charge is 2.58. The average Bonchev–Trinajstić information content (AvgIpc) is 3.28. The lowest BCUT2D eigenvalue weighted by molar-refractivity contribution is -0.0716. The van der Waals surface area contributed by atoms with Crippen LogP contribution in [0.25, 0.3) is 11.0 Å². The molecule has 2 saturated heterocycles. The second kappa shape index (κ2) is 11.5. The first kappa shape index (κ1) is 33.1. The number of aromatic nitrogens is 3. The number of nitrogens with one attached hydrogen (secondary N) is 1. The number of para-hydroxylation sites is 1. The fourth-order valence-corrected chi connectivity index (χ4v) is 8.10. The van der Waals surface area contributed by atoms with Gasteiger partial charge in [-0.25, -0.2) is 14.2 Å². The van der Waals surface area contributed by atoms with E-state index in [4.69, 9.17) is 35.5 Å². The zero-order chi connectivity index (χ0) is 35.2. The number of carbonyl (C=O) groups excluding carboxylic acids is 1. The zero-order valence-electron chi connectivity index (χ0n) is 29.3. The van der Waals surface area contributed by atoms with E-state index in [1.807, 2.05) is 31.2 Å². The minimum absolute atomic E-state index is 0.0371. The smallest absolute Gasteiger partial charge is 0.412 e. The number of carbonyl (C=O) groups is 1. The predicted octanol–water partition coefficient (Wildman–Crippen LogP) is 8.59. The summed E-state index contributed by atoms with van der Waals surface area (Å²) in [5.74, 6) is 0.936. The Labute approximate surface area is 296 Å². The van der Waals surface area contributed by atoms with Crippen LogP contribution in [0.2, 0.25) is 5.02 Å². The molecule has 264 valence electrons. The summed E-state index contributed by atoms with van der Waals surface area (Å²) in [6, 6.07) is 12.7. The third-order valence-corrected chi connectivity index (χ3v) is 11.0. The Kier molecular flexibility index (Phi) is 7.58. The van der Waals surface area contributed by atoms with Crippen LogP contribution in [0, 0.1) is 16.6 Å². The second-order valence-electron chi connectivity index (χ2n) is 16.0. The van der Waals surface area contributed by atoms with Crippen molar-refractivity contribution in [3.8, 4) is 11.5 Å². The van der Waals surface area contributed by atoms with E-state index in [2.05, 4.69) is 39.7 Å². The van der Waals surface area contributed by atoms with Crippen LogP contribution in [0.1, 0.15) is 84.3 Å². The number of rotatable bonds is 5. The monoisotopic (exact) mass is 703 g/mol. The van der Waals surface area contributed by atoms with Gasteiger partial charge < -0.3 is 28.4 Å². The maximum Gasteiger partial charge on any atom is 0.412 e. The SMILES string of the molecule is CC(C)(C)OC(=O)Nc1cc(F)c2nc([C@@H]3CC34CCN(c3cccc5c3OC(C)(c3ccc(Cl)cn3)O5)CC4)n([C@@H]3COCC3(C)C)c2c1. The first-order valence-electron chi connectivity index (χ1n) is 17.3. The summed E-state index contributed by atoms with van der Waals surface area (Å²) < 4.78 is 42.3. The number of pyridine rings is 1. The molecule has 4 aliphatic rings. The Morgan fingerprint density at radius 3 is 2.56 bits per heavy atom. The van der Waals surface area contributed by atoms with Crippen LogP contribution in [0.5, 0.6) is 11.5 Å². The molecule has 1 amide bonds. The van der Waals surface area contributed by atoms with E-state index in [1.165, 1.54) is 6.07 Å². The van der Waals surface area contributed by atoms with E-state index in [-0.39, 0.29) is 22.8 Å². The quantitative estimate of drug-likeness (QED) is 0.221. The average molecular weight is 704 g/mol. The molecule has 1 unspecified atom stereocenters. The van der Waals surface area contributed by atoms with Gasteiger partial charge in [0.05, 0.1) is 35.5 Å². The molecule has 3 atom stereocenters. The Morgan fingerprint density at radius 2 is 1.88 bits per heavy atom. The molecule has 0 radical (unpaired) electrons. The van der Waals surface area contributed by atoms with E-state index in [9.17, 15) is 4.79 Å². The predicted molar refractivity (Wildman–Crippen MR) is 189 cm³/mol. The molecule has 1 saturated carbocycles. The van der Waals surface area contributed by atoms with E-state index >= 15 is 4.39 Å². The Balaban J connectivity index is 1.06. The van der Waals surface area contributed by atoms with Gasteiger partial charge >= 0.3 is 6.09 Å². The molecule has 1 aliphatic carbocycles. The molecule has 10 nitrogen and oxygen atoms in total. The summed E-state index contributed by atoms with van der Waals surface area (Å²) in [4.78, 5) is 24.5. The van der Waals surface area contributed by atoms with Gasteiger partial charge in [0.2, 0.25) is 0 Å². The minimum atomic E-state index is -1.06. The molecule has 3 aliphatic heterocycles. The number of fused-ring (bicyclic) bond motifs is 2. The van der Waals surface area contributed by atoms with Gasteiger partial charge in [-0.1, -0.05) is 31.5 Å². The number of piperidine rings is 1. The van der Waals surface area contributed by atoms with Gasteiger partial charge in [-0.2, -0.15) is 0 Å². The highest BCUT2D eigenvalue weighted by Crippen LogP contribution is 2.66. The number of halogens is 2. The molecule has 0 bridgehead atoms. The van der Waals surface area contributed by atoms with E-state index in [0.717, 1.165) is 43.9 Å². The lowest BCUT2D eigenvalue weighted by atomic mass is 9.87. The largest absolute Gasteiger partial charge is 0.444 e. The van der Waals surface area contributed by atoms with Crippen LogP contribution in [0.15, 0.2) is 48.7 Å². The number of benzene rings is 2. The summed E-state index contributed by atoms with van der Waals surface area (Å²) in [5, 5.41) is 3.28. The van der Waals surface area contributed by atoms with Crippen molar-refractivity contribution in [2.45, 2.75) is 84.2 Å². The van der Waals surface area contributed by atoms with Gasteiger partial charge in [-0.05, 0) is 81.8 Å². The second-order valence-corrected chi connectivity index (χ2v) is 16.5. The van der Waals surface area contributed by atoms with Gasteiger partial charge in [0.1, 0.15) is 22.6 Å². The standard InChI is InChI=1S/C38H43ClFN5O5/c1-35(2,3)50-34(46)42-23-16-25(40)31-27(17-23)45(30-20-47-21-36(30,4)5)33(43-31)24-18-38(24)12-14-44(15-13-38)26-8-7-9-28-32(26)49-37(6,48-28)29-11-10-22(39)19-41-29/h7-11,16-17,19,24,30H,12-15,18,20-21H2,1-6H3,(H,42,46)/t24-,30+,37?/m0/s1. The number of hydrogen-bond donors (Lipinski definition) is 1. The molecule has 50 heavy (non-hydrogen) atoms. The molecule has 2 aromatic heterocycles. The van der Waals surface area contributed by atoms with E-state index in [0.29, 0.717) is 52.2 Å². The Morgan fingerprint density at radius 1 is 1.10 bits per heavy atom. The van der Waals surface area contributed by atoms with Crippen molar-refractivity contribution >= 4 is 40.1 Å². The van der Waals surface area contributed by atoms with Crippen molar-refractivity contribution in [3.63, 3.8) is 0 Å². The summed E-state index contributed by atoms with van der Waals surface area (Å²) in [5.41, 5.74) is 2.13. The number of ether oxygens (including phenoxy) is 4. The zero-order valence-corrected chi connectivity index (χ0v) is 30.1. The van der Waals surface area contributed by atoms with Gasteiger partial charge in [-0.15, -0.1) is 0 Å². The summed E-state index contributed by atoms with van der Waals surface area (Å²) in [6.45, 7) is 14.4. The number of imidazole rings is 1. The fraction of sp³-hybridized carbons (Fsp3) is 0.500. The molecule has 1 spiro atoms. The van der Waals surface area contributed by atoms with Crippen molar-refractivity contribution in [2.75, 3.05) is 36.5 Å². The normalized spacial score (nSPS) is 24.9. The van der Waals surface area contributed by atoms with Gasteiger partial charge in [0.25, 0.3) is 5.79 Å². The molecule has 8 rings (SSSR count). The molecular formula is C38H43ClFN5O5. The first-order chi connectivity index (χ1) is 23.6. The fourth-order valence-electron chi connectivity index (χ4n) is 7.99. The van der Waals surface area contributed by atoms with Gasteiger partial charge in [0, 0.05) is 43.2 Å². The van der Waals surface area contributed by atoms with Crippen LogP contribution >= 0.6 is 11.6 Å². The number of anilines is 2. The molecule has 3 fully saturated rings. The lowest BCUT2D eigenvalue weighted by Crippen LogP contribution is -2.36. The summed E-state index contributed by atoms with van der Waals surface area (Å²) >= 11 is 6.08. The molecule has 2 aromatic carbocycles. The van der Waals surface area contributed by atoms with Gasteiger partial charge in [-0.3, -0.25) is 10.3 Å². The Bertz CT molecular complexity index is 1980. The maximum absolute atomic E-state index is 15.8. The first-order valence-corrected chi connectivity index (χ1v) is 17.7. The molecule has 5 heterocycles. The Hall–Kier alpha value is -4.09. The minimum Gasteiger partial charge on any atom is -0.444 e. The topological polar surface area (TPSA) is 100.0 Å². The highest BCUT2D eigenvalue weighted by atomic mass is 35.5. The summed E-state index contributed by atoms with van der Waals surface area (Å²) in [6.07, 6.45) is 3.86. The van der Waals surface area contributed by atoms with Crippen LogP contribution in [0.4, 0.5) is 20.6 Å². The molecule has 4 aromatic rings. The van der Waals surface area contributed by atoms with Crippen molar-refractivity contribution in [3.05, 3.63) is 71.0 Å². The van der Waals surface area contributed by atoms with E-state index < -0.39 is 23.3 Å². The number of amides is 1. The van der Waals surface area contributed by atoms with Crippen LogP contribution in [0.3, 0.4) is 0 Å². The van der Waals surface area contributed by atoms with Crippen molar-refractivity contribution in [1.29, 1.82) is 0 Å². The van der Waals surface area contributed by atoms with Crippen molar-refractivity contribution < 1.29 is 28.1 Å². The van der Waals surface area contributed by atoms with Gasteiger partial charge in [0.15, 0.2) is 17.3 Å². The van der Waals surface area contributed by atoms with Crippen LogP contribution < -0.4 is 19.7 Å². The number of nitrogens with zero attached hydrogens (tertiary/aromatic N) is 4. The maximum atomic E-state index is 15.8. The van der Waals surface area contributed by atoms with Crippen LogP contribution in [-0.2, 0) is 15.3 Å². The molecule has 12 heteroatoms. The van der Waals surface area contributed by atoms with Crippen molar-refractivity contribution in [1.82, 2.24) is 14.5 Å². The third-order valence-electron chi connectivity index (χ3n) is 10.7. The molecule has 1 N–H and O–H groups in total. The molecular weight excluding hydrogens is 661 g/mol. The van der Waals surface area contributed by atoms with E-state index in [1.54, 1.807) is 33.0 Å². The summed E-state index contributed by atoms with van der Waals surface area (Å²) in [7, 11) is 0. The van der Waals surface area contributed by atoms with Crippen molar-refractivity contribution in [2.24, 2.45) is 10.8 Å². The third kappa shape index (κ3) is 5.72.